The summed E-state index contributed by atoms with van der Waals surface area (Å²) in [7, 11) is 1.95. The molecule has 90 valence electrons. The molecule has 3 nitrogen and oxygen atoms in total. The summed E-state index contributed by atoms with van der Waals surface area (Å²) in [5.41, 5.74) is 9.20. The number of rotatable bonds is 3. The number of nitrogen functional groups attached to an aromatic ring is 1. The van der Waals surface area contributed by atoms with Gasteiger partial charge in [-0.1, -0.05) is 44.2 Å². The fourth-order valence-corrected chi connectivity index (χ4v) is 2.36. The number of aryl methyl sites for hydroxylation is 1. The number of anilines is 1. The van der Waals surface area contributed by atoms with Crippen molar-refractivity contribution in [1.82, 2.24) is 9.78 Å². The Morgan fingerprint density at radius 3 is 2.29 bits per heavy atom. The Labute approximate surface area is 102 Å². The minimum atomic E-state index is 0.295. The van der Waals surface area contributed by atoms with E-state index in [2.05, 4.69) is 43.2 Å². The Hall–Kier alpha value is -1.77. The van der Waals surface area contributed by atoms with E-state index in [-0.39, 0.29) is 0 Å². The minimum Gasteiger partial charge on any atom is -0.396 e. The third-order valence-electron chi connectivity index (χ3n) is 3.13. The van der Waals surface area contributed by atoms with Crippen LogP contribution >= 0.6 is 0 Å². The number of hydrogen-bond acceptors (Lipinski definition) is 2. The molecule has 2 N–H and O–H groups in total. The first-order valence-electron chi connectivity index (χ1n) is 5.93. The fourth-order valence-electron chi connectivity index (χ4n) is 2.36. The molecule has 0 saturated heterocycles. The quantitative estimate of drug-likeness (QED) is 0.879. The van der Waals surface area contributed by atoms with Crippen molar-refractivity contribution >= 4 is 5.69 Å². The highest BCUT2D eigenvalue weighted by Gasteiger charge is 2.23. The Kier molecular flexibility index (Phi) is 3.18. The van der Waals surface area contributed by atoms with Crippen LogP contribution in [0.4, 0.5) is 5.69 Å². The van der Waals surface area contributed by atoms with E-state index >= 15 is 0 Å². The fraction of sp³-hybridized carbons (Fsp3) is 0.357. The molecule has 1 atom stereocenters. The lowest BCUT2D eigenvalue weighted by atomic mass is 9.85. The average molecular weight is 229 g/mol. The highest BCUT2D eigenvalue weighted by atomic mass is 15.3. The number of aromatic nitrogens is 2. The number of nitrogens with zero attached hydrogens (tertiary/aromatic N) is 2. The lowest BCUT2D eigenvalue weighted by Gasteiger charge is -2.22. The monoisotopic (exact) mass is 229 g/mol. The molecule has 0 amide bonds. The molecule has 1 aromatic carbocycles. The lowest BCUT2D eigenvalue weighted by Crippen LogP contribution is -2.14. The zero-order chi connectivity index (χ0) is 12.4. The normalized spacial score (nSPS) is 12.9. The van der Waals surface area contributed by atoms with Crippen molar-refractivity contribution < 1.29 is 0 Å². The summed E-state index contributed by atoms with van der Waals surface area (Å²) in [6, 6.07) is 10.5. The first-order chi connectivity index (χ1) is 8.11. The summed E-state index contributed by atoms with van der Waals surface area (Å²) in [5, 5.41) is 4.24. The molecule has 1 unspecified atom stereocenters. The van der Waals surface area contributed by atoms with Crippen molar-refractivity contribution in [3.8, 4) is 0 Å². The summed E-state index contributed by atoms with van der Waals surface area (Å²) in [4.78, 5) is 0. The molecule has 0 radical (unpaired) electrons. The van der Waals surface area contributed by atoms with Crippen molar-refractivity contribution in [2.75, 3.05) is 5.73 Å². The van der Waals surface area contributed by atoms with Crippen molar-refractivity contribution in [1.29, 1.82) is 0 Å². The second kappa shape index (κ2) is 4.62. The Morgan fingerprint density at radius 1 is 1.18 bits per heavy atom. The zero-order valence-corrected chi connectivity index (χ0v) is 10.6. The molecule has 0 aliphatic heterocycles. The molecule has 0 spiro atoms. The van der Waals surface area contributed by atoms with E-state index in [0.29, 0.717) is 11.8 Å². The van der Waals surface area contributed by atoms with Crippen molar-refractivity contribution in [2.24, 2.45) is 13.0 Å². The zero-order valence-electron chi connectivity index (χ0n) is 10.6. The number of nitrogens with two attached hydrogens (primary N) is 1. The van der Waals surface area contributed by atoms with Gasteiger partial charge in [-0.05, 0) is 11.5 Å². The van der Waals surface area contributed by atoms with Gasteiger partial charge in [0.1, 0.15) is 0 Å². The van der Waals surface area contributed by atoms with Crippen molar-refractivity contribution in [2.45, 2.75) is 19.8 Å². The van der Waals surface area contributed by atoms with Crippen LogP contribution < -0.4 is 5.73 Å². The van der Waals surface area contributed by atoms with Crippen LogP contribution in [0.25, 0.3) is 0 Å². The van der Waals surface area contributed by atoms with Gasteiger partial charge in [-0.3, -0.25) is 4.68 Å². The SMILES string of the molecule is CC(C)C(c1ccccc1)c1c(N)cnn1C. The van der Waals surface area contributed by atoms with E-state index in [1.807, 2.05) is 17.8 Å². The molecule has 0 bridgehead atoms. The van der Waals surface area contributed by atoms with Gasteiger partial charge in [0.2, 0.25) is 0 Å². The number of benzene rings is 1. The van der Waals surface area contributed by atoms with Crippen LogP contribution in [-0.4, -0.2) is 9.78 Å². The van der Waals surface area contributed by atoms with E-state index in [1.165, 1.54) is 5.56 Å². The van der Waals surface area contributed by atoms with Crippen LogP contribution in [0.3, 0.4) is 0 Å². The molecule has 0 saturated carbocycles. The predicted molar refractivity (Wildman–Crippen MR) is 70.7 cm³/mol. The largest absolute Gasteiger partial charge is 0.396 e. The molecule has 17 heavy (non-hydrogen) atoms. The molecule has 2 rings (SSSR count). The molecule has 3 heteroatoms. The maximum Gasteiger partial charge on any atom is 0.0739 e. The van der Waals surface area contributed by atoms with Gasteiger partial charge < -0.3 is 5.73 Å². The van der Waals surface area contributed by atoms with E-state index in [9.17, 15) is 0 Å². The molecule has 2 aromatic rings. The Balaban J connectivity index is 2.51. The minimum absolute atomic E-state index is 0.295. The van der Waals surface area contributed by atoms with Gasteiger partial charge in [-0.15, -0.1) is 0 Å². The third kappa shape index (κ3) is 2.18. The smallest absolute Gasteiger partial charge is 0.0739 e. The van der Waals surface area contributed by atoms with Crippen LogP contribution in [0.1, 0.15) is 31.0 Å². The van der Waals surface area contributed by atoms with Crippen LogP contribution in [0, 0.1) is 5.92 Å². The lowest BCUT2D eigenvalue weighted by molar-refractivity contribution is 0.525. The van der Waals surface area contributed by atoms with Gasteiger partial charge in [0, 0.05) is 13.0 Å². The third-order valence-corrected chi connectivity index (χ3v) is 3.13. The van der Waals surface area contributed by atoms with Gasteiger partial charge in [-0.2, -0.15) is 5.10 Å². The van der Waals surface area contributed by atoms with Gasteiger partial charge in [-0.25, -0.2) is 0 Å². The summed E-state index contributed by atoms with van der Waals surface area (Å²) in [6.07, 6.45) is 1.73. The molecule has 1 heterocycles. The van der Waals surface area contributed by atoms with Crippen molar-refractivity contribution in [3.63, 3.8) is 0 Å². The molecular weight excluding hydrogens is 210 g/mol. The van der Waals surface area contributed by atoms with E-state index < -0.39 is 0 Å². The average Bonchev–Trinajstić information content (AvgIpc) is 2.62. The first kappa shape index (κ1) is 11.7. The molecule has 0 aliphatic rings. The maximum absolute atomic E-state index is 6.03. The van der Waals surface area contributed by atoms with Crippen LogP contribution in [0.15, 0.2) is 36.5 Å². The highest BCUT2D eigenvalue weighted by Crippen LogP contribution is 2.34. The van der Waals surface area contributed by atoms with Gasteiger partial charge in [0.15, 0.2) is 0 Å². The second-order valence-corrected chi connectivity index (χ2v) is 4.74. The Bertz CT molecular complexity index is 466. The van der Waals surface area contributed by atoms with E-state index in [4.69, 9.17) is 5.73 Å². The highest BCUT2D eigenvalue weighted by molar-refractivity contribution is 5.47. The van der Waals surface area contributed by atoms with E-state index in [1.54, 1.807) is 6.20 Å². The summed E-state index contributed by atoms with van der Waals surface area (Å²) < 4.78 is 1.88. The summed E-state index contributed by atoms with van der Waals surface area (Å²) in [5.74, 6) is 0.777. The first-order valence-corrected chi connectivity index (χ1v) is 5.93. The molecule has 1 aromatic heterocycles. The molecular formula is C14H19N3. The van der Waals surface area contributed by atoms with Gasteiger partial charge >= 0.3 is 0 Å². The molecule has 0 aliphatic carbocycles. The van der Waals surface area contributed by atoms with Crippen LogP contribution in [0.2, 0.25) is 0 Å². The molecule has 0 fully saturated rings. The standard InChI is InChI=1S/C14H19N3/c1-10(2)13(11-7-5-4-6-8-11)14-12(15)9-16-17(14)3/h4-10,13H,15H2,1-3H3. The Morgan fingerprint density at radius 2 is 1.82 bits per heavy atom. The van der Waals surface area contributed by atoms with Crippen LogP contribution in [-0.2, 0) is 7.05 Å². The van der Waals surface area contributed by atoms with Gasteiger partial charge in [0.25, 0.3) is 0 Å². The van der Waals surface area contributed by atoms with E-state index in [0.717, 1.165) is 11.4 Å². The summed E-state index contributed by atoms with van der Waals surface area (Å²) >= 11 is 0. The maximum atomic E-state index is 6.03. The van der Waals surface area contributed by atoms with Crippen molar-refractivity contribution in [3.05, 3.63) is 47.8 Å². The second-order valence-electron chi connectivity index (χ2n) is 4.74. The topological polar surface area (TPSA) is 43.8 Å². The van der Waals surface area contributed by atoms with Gasteiger partial charge in [0.05, 0.1) is 17.6 Å². The van der Waals surface area contributed by atoms with Crippen LogP contribution in [0.5, 0.6) is 0 Å². The predicted octanol–water partition coefficient (Wildman–Crippen LogP) is 2.79. The summed E-state index contributed by atoms with van der Waals surface area (Å²) in [6.45, 7) is 4.42. The number of hydrogen-bond donors (Lipinski definition) is 1.